The van der Waals surface area contributed by atoms with Gasteiger partial charge in [-0.25, -0.2) is 0 Å². The summed E-state index contributed by atoms with van der Waals surface area (Å²) in [5.74, 6) is 0. The monoisotopic (exact) mass is 265 g/mol. The van der Waals surface area contributed by atoms with Crippen molar-refractivity contribution in [3.63, 3.8) is 0 Å². The molecule has 0 aliphatic rings. The van der Waals surface area contributed by atoms with Crippen LogP contribution in [0, 0.1) is 10.1 Å². The molecule has 1 N–H and O–H groups in total. The van der Waals surface area contributed by atoms with E-state index in [-0.39, 0.29) is 11.7 Å². The lowest BCUT2D eigenvalue weighted by Gasteiger charge is -2.17. The highest BCUT2D eigenvalue weighted by Crippen LogP contribution is 2.26. The third-order valence-electron chi connectivity index (χ3n) is 2.77. The van der Waals surface area contributed by atoms with E-state index in [4.69, 9.17) is 0 Å². The third-order valence-corrected chi connectivity index (χ3v) is 2.77. The first-order valence-electron chi connectivity index (χ1n) is 6.09. The summed E-state index contributed by atoms with van der Waals surface area (Å²) >= 11 is 0. The topological polar surface area (TPSA) is 75.5 Å². The lowest BCUT2D eigenvalue weighted by molar-refractivity contribution is -0.384. The maximum absolute atomic E-state index is 11.0. The molecule has 0 aromatic heterocycles. The van der Waals surface area contributed by atoms with Crippen LogP contribution in [0.3, 0.4) is 0 Å². The van der Waals surface area contributed by atoms with Crippen molar-refractivity contribution in [2.75, 3.05) is 26.0 Å². The maximum Gasteiger partial charge on any atom is 0.293 e. The first kappa shape index (κ1) is 15.1. The molecule has 1 atom stereocenters. The van der Waals surface area contributed by atoms with Gasteiger partial charge in [0, 0.05) is 17.7 Å². The smallest absolute Gasteiger partial charge is 0.293 e. The van der Waals surface area contributed by atoms with Crippen LogP contribution >= 0.6 is 0 Å². The maximum atomic E-state index is 11.0. The van der Waals surface area contributed by atoms with E-state index in [1.807, 2.05) is 21.0 Å². The summed E-state index contributed by atoms with van der Waals surface area (Å²) in [6, 6.07) is 4.55. The van der Waals surface area contributed by atoms with Gasteiger partial charge >= 0.3 is 0 Å². The number of hydrogen-bond acceptors (Lipinski definition) is 5. The van der Waals surface area contributed by atoms with Crippen LogP contribution in [0.2, 0.25) is 0 Å². The fourth-order valence-corrected chi connectivity index (χ4v) is 1.68. The summed E-state index contributed by atoms with van der Waals surface area (Å²) in [6.07, 6.45) is 1.48. The van der Waals surface area contributed by atoms with E-state index in [1.165, 1.54) is 6.07 Å². The molecule has 0 saturated heterocycles. The molecule has 0 aliphatic carbocycles. The number of carbonyl (C=O) groups excluding carboxylic acids is 1. The number of benzene rings is 1. The van der Waals surface area contributed by atoms with Gasteiger partial charge < -0.3 is 10.2 Å². The summed E-state index contributed by atoms with van der Waals surface area (Å²) in [6.45, 7) is 2.87. The highest BCUT2D eigenvalue weighted by molar-refractivity contribution is 5.79. The zero-order valence-corrected chi connectivity index (χ0v) is 11.4. The van der Waals surface area contributed by atoms with E-state index in [2.05, 4.69) is 10.2 Å². The molecule has 0 aliphatic heterocycles. The number of rotatable bonds is 7. The van der Waals surface area contributed by atoms with Gasteiger partial charge in [0.1, 0.15) is 12.0 Å². The molecule has 1 unspecified atom stereocenters. The molecular weight excluding hydrogens is 246 g/mol. The quantitative estimate of drug-likeness (QED) is 0.464. The van der Waals surface area contributed by atoms with Crippen molar-refractivity contribution in [2.45, 2.75) is 19.4 Å². The molecule has 6 nitrogen and oxygen atoms in total. The number of nitrogens with zero attached hydrogens (tertiary/aromatic N) is 2. The molecule has 104 valence electrons. The number of hydrogen-bond donors (Lipinski definition) is 1. The average molecular weight is 265 g/mol. The van der Waals surface area contributed by atoms with Crippen molar-refractivity contribution in [3.8, 4) is 0 Å². The lowest BCUT2D eigenvalue weighted by Crippen LogP contribution is -2.23. The van der Waals surface area contributed by atoms with E-state index in [0.29, 0.717) is 17.5 Å². The number of aldehydes is 1. The molecule has 0 bridgehead atoms. The summed E-state index contributed by atoms with van der Waals surface area (Å²) in [5.41, 5.74) is 0.682. The predicted octanol–water partition coefficient (Wildman–Crippen LogP) is 2.16. The average Bonchev–Trinajstić information content (AvgIpc) is 2.36. The Balaban J connectivity index is 2.82. The van der Waals surface area contributed by atoms with Crippen molar-refractivity contribution >= 4 is 17.7 Å². The van der Waals surface area contributed by atoms with Gasteiger partial charge in [-0.1, -0.05) is 0 Å². The van der Waals surface area contributed by atoms with Gasteiger partial charge in [-0.3, -0.25) is 14.9 Å². The minimum atomic E-state index is -0.478. The minimum absolute atomic E-state index is 0.0682. The summed E-state index contributed by atoms with van der Waals surface area (Å²) < 4.78 is 0. The second kappa shape index (κ2) is 6.84. The van der Waals surface area contributed by atoms with Crippen LogP contribution < -0.4 is 5.32 Å². The predicted molar refractivity (Wildman–Crippen MR) is 74.7 cm³/mol. The van der Waals surface area contributed by atoms with Crippen molar-refractivity contribution < 1.29 is 9.72 Å². The van der Waals surface area contributed by atoms with Crippen LogP contribution in [0.15, 0.2) is 18.2 Å². The van der Waals surface area contributed by atoms with Gasteiger partial charge in [-0.05, 0) is 46.1 Å². The minimum Gasteiger partial charge on any atom is -0.377 e. The van der Waals surface area contributed by atoms with Crippen molar-refractivity contribution in [1.29, 1.82) is 0 Å². The molecule has 6 heteroatoms. The molecule has 0 heterocycles. The molecule has 1 aromatic rings. The lowest BCUT2D eigenvalue weighted by atomic mass is 10.1. The number of nitro benzene ring substituents is 1. The molecule has 0 saturated carbocycles. The summed E-state index contributed by atoms with van der Waals surface area (Å²) in [4.78, 5) is 23.2. The summed E-state index contributed by atoms with van der Waals surface area (Å²) in [7, 11) is 3.96. The Morgan fingerprint density at radius 2 is 2.16 bits per heavy atom. The first-order valence-corrected chi connectivity index (χ1v) is 6.09. The van der Waals surface area contributed by atoms with E-state index >= 15 is 0 Å². The molecule has 0 radical (unpaired) electrons. The van der Waals surface area contributed by atoms with E-state index in [9.17, 15) is 14.9 Å². The molecule has 0 amide bonds. The van der Waals surface area contributed by atoms with Crippen LogP contribution in [-0.2, 0) is 0 Å². The molecular formula is C13H19N3O3. The van der Waals surface area contributed by atoms with Crippen LogP contribution in [0.5, 0.6) is 0 Å². The van der Waals surface area contributed by atoms with Crippen molar-refractivity contribution in [1.82, 2.24) is 4.90 Å². The van der Waals surface area contributed by atoms with Crippen LogP contribution in [0.1, 0.15) is 23.7 Å². The standard InChI is InChI=1S/C13H19N3O3/c1-10(6-7-15(2)3)14-12-5-4-11(9-17)8-13(12)16(18)19/h4-5,8-10,14H,6-7H2,1-3H3. The summed E-state index contributed by atoms with van der Waals surface area (Å²) in [5, 5.41) is 14.1. The van der Waals surface area contributed by atoms with Crippen LogP contribution in [-0.4, -0.2) is 42.8 Å². The molecule has 1 rings (SSSR count). The van der Waals surface area contributed by atoms with Crippen LogP contribution in [0.25, 0.3) is 0 Å². The normalized spacial score (nSPS) is 12.2. The Hall–Kier alpha value is -1.95. The van der Waals surface area contributed by atoms with Crippen LogP contribution in [0.4, 0.5) is 11.4 Å². The van der Waals surface area contributed by atoms with Gasteiger partial charge in [-0.2, -0.15) is 0 Å². The van der Waals surface area contributed by atoms with Gasteiger partial charge in [0.2, 0.25) is 0 Å². The third kappa shape index (κ3) is 4.67. The zero-order valence-electron chi connectivity index (χ0n) is 11.4. The van der Waals surface area contributed by atoms with Gasteiger partial charge in [-0.15, -0.1) is 0 Å². The van der Waals surface area contributed by atoms with Gasteiger partial charge in [0.25, 0.3) is 5.69 Å². The van der Waals surface area contributed by atoms with E-state index in [0.717, 1.165) is 13.0 Å². The Labute approximate surface area is 112 Å². The van der Waals surface area contributed by atoms with Crippen molar-refractivity contribution in [3.05, 3.63) is 33.9 Å². The molecule has 19 heavy (non-hydrogen) atoms. The van der Waals surface area contributed by atoms with Gasteiger partial charge in [0.05, 0.1) is 4.92 Å². The van der Waals surface area contributed by atoms with E-state index in [1.54, 1.807) is 12.1 Å². The Morgan fingerprint density at radius 1 is 1.47 bits per heavy atom. The Morgan fingerprint density at radius 3 is 2.68 bits per heavy atom. The zero-order chi connectivity index (χ0) is 14.4. The Kier molecular flexibility index (Phi) is 5.44. The number of nitro groups is 1. The Bertz CT molecular complexity index is 460. The van der Waals surface area contributed by atoms with Gasteiger partial charge in [0.15, 0.2) is 0 Å². The SMILES string of the molecule is CC(CCN(C)C)Nc1ccc(C=O)cc1[N+](=O)[O-]. The van der Waals surface area contributed by atoms with E-state index < -0.39 is 4.92 Å². The molecule has 1 aromatic carbocycles. The fraction of sp³-hybridized carbons (Fsp3) is 0.462. The first-order chi connectivity index (χ1) is 8.93. The largest absolute Gasteiger partial charge is 0.377 e. The second-order valence-corrected chi connectivity index (χ2v) is 4.79. The number of carbonyl (C=O) groups is 1. The number of anilines is 1. The highest BCUT2D eigenvalue weighted by atomic mass is 16.6. The van der Waals surface area contributed by atoms with Crippen molar-refractivity contribution in [2.24, 2.45) is 0 Å². The number of nitrogens with one attached hydrogen (secondary N) is 1. The highest BCUT2D eigenvalue weighted by Gasteiger charge is 2.16. The second-order valence-electron chi connectivity index (χ2n) is 4.79. The fourth-order valence-electron chi connectivity index (χ4n) is 1.68. The molecule has 0 spiro atoms. The molecule has 0 fully saturated rings.